The van der Waals surface area contributed by atoms with Crippen LogP contribution in [0, 0.1) is 5.82 Å². The number of amides is 1. The molecule has 1 fully saturated rings. The maximum Gasteiger partial charge on any atom is 0.409 e. The number of hydrogen-bond acceptors (Lipinski definition) is 4. The van der Waals surface area contributed by atoms with E-state index in [0.717, 1.165) is 5.56 Å². The van der Waals surface area contributed by atoms with Crippen molar-refractivity contribution in [2.75, 3.05) is 37.7 Å². The van der Waals surface area contributed by atoms with Crippen molar-refractivity contribution in [3.05, 3.63) is 29.6 Å². The summed E-state index contributed by atoms with van der Waals surface area (Å²) in [7, 11) is 0. The minimum absolute atomic E-state index is 0.237. The van der Waals surface area contributed by atoms with Gasteiger partial charge in [0.05, 0.1) is 12.3 Å². The fourth-order valence-corrected chi connectivity index (χ4v) is 2.56. The van der Waals surface area contributed by atoms with Crippen LogP contribution in [0.2, 0.25) is 0 Å². The Balaban J connectivity index is 2.11. The van der Waals surface area contributed by atoms with Gasteiger partial charge in [0.15, 0.2) is 0 Å². The summed E-state index contributed by atoms with van der Waals surface area (Å²) in [4.78, 5) is 15.3. The van der Waals surface area contributed by atoms with Crippen LogP contribution in [0.1, 0.15) is 25.5 Å². The van der Waals surface area contributed by atoms with Gasteiger partial charge in [-0.3, -0.25) is 0 Å². The predicted molar refractivity (Wildman–Crippen MR) is 79.8 cm³/mol. The molecule has 1 aromatic rings. The number of piperazine rings is 1. The quantitative estimate of drug-likeness (QED) is 0.928. The standard InChI is InChI=1S/C15H22FN3O2/c1-3-21-15(20)19-9-7-18(8-10-19)14-12(11(2)17)5-4-6-13(14)16/h4-6,11H,3,7-10,17H2,1-2H3/t11-/m0/s1. The van der Waals surface area contributed by atoms with E-state index in [1.54, 1.807) is 17.9 Å². The summed E-state index contributed by atoms with van der Waals surface area (Å²) in [5.41, 5.74) is 7.27. The number of anilines is 1. The molecule has 0 bridgehead atoms. The highest BCUT2D eigenvalue weighted by atomic mass is 19.1. The Morgan fingerprint density at radius 1 is 1.38 bits per heavy atom. The maximum absolute atomic E-state index is 14.2. The topological polar surface area (TPSA) is 58.8 Å². The van der Waals surface area contributed by atoms with Crippen LogP contribution < -0.4 is 10.6 Å². The van der Waals surface area contributed by atoms with E-state index in [4.69, 9.17) is 10.5 Å². The molecule has 2 N–H and O–H groups in total. The molecular formula is C15H22FN3O2. The lowest BCUT2D eigenvalue weighted by molar-refractivity contribution is 0.105. The Morgan fingerprint density at radius 2 is 2.05 bits per heavy atom. The summed E-state index contributed by atoms with van der Waals surface area (Å²) in [6.45, 7) is 6.16. The molecule has 0 unspecified atom stereocenters. The number of rotatable bonds is 3. The molecule has 1 amide bonds. The molecular weight excluding hydrogens is 273 g/mol. The molecule has 0 radical (unpaired) electrons. The van der Waals surface area contributed by atoms with E-state index in [0.29, 0.717) is 38.5 Å². The molecule has 0 aromatic heterocycles. The van der Waals surface area contributed by atoms with Crippen molar-refractivity contribution < 1.29 is 13.9 Å². The Bertz CT molecular complexity index is 500. The summed E-state index contributed by atoms with van der Waals surface area (Å²) in [6, 6.07) is 4.73. The van der Waals surface area contributed by atoms with E-state index in [-0.39, 0.29) is 18.0 Å². The Morgan fingerprint density at radius 3 is 2.62 bits per heavy atom. The average Bonchev–Trinajstić information content (AvgIpc) is 2.47. The van der Waals surface area contributed by atoms with Gasteiger partial charge in [-0.25, -0.2) is 9.18 Å². The summed E-state index contributed by atoms with van der Waals surface area (Å²) in [5.74, 6) is -0.269. The second-order valence-corrected chi connectivity index (χ2v) is 5.14. The maximum atomic E-state index is 14.2. The Kier molecular flexibility index (Phi) is 5.01. The smallest absolute Gasteiger partial charge is 0.409 e. The highest BCUT2D eigenvalue weighted by Crippen LogP contribution is 2.29. The fourth-order valence-electron chi connectivity index (χ4n) is 2.56. The zero-order valence-electron chi connectivity index (χ0n) is 12.5. The highest BCUT2D eigenvalue weighted by Gasteiger charge is 2.25. The van der Waals surface area contributed by atoms with Gasteiger partial charge < -0.3 is 20.3 Å². The van der Waals surface area contributed by atoms with Crippen LogP contribution in [0.15, 0.2) is 18.2 Å². The van der Waals surface area contributed by atoms with Crippen molar-refractivity contribution in [2.45, 2.75) is 19.9 Å². The van der Waals surface area contributed by atoms with Crippen molar-refractivity contribution in [3.8, 4) is 0 Å². The number of carbonyl (C=O) groups excluding carboxylic acids is 1. The Labute approximate surface area is 124 Å². The molecule has 21 heavy (non-hydrogen) atoms. The van der Waals surface area contributed by atoms with Crippen LogP contribution in [0.25, 0.3) is 0 Å². The van der Waals surface area contributed by atoms with Crippen molar-refractivity contribution in [3.63, 3.8) is 0 Å². The van der Waals surface area contributed by atoms with Gasteiger partial charge in [-0.15, -0.1) is 0 Å². The van der Waals surface area contributed by atoms with Gasteiger partial charge in [0.1, 0.15) is 5.82 Å². The lowest BCUT2D eigenvalue weighted by Crippen LogP contribution is -2.49. The predicted octanol–water partition coefficient (Wildman–Crippen LogP) is 2.12. The van der Waals surface area contributed by atoms with Gasteiger partial charge >= 0.3 is 6.09 Å². The van der Waals surface area contributed by atoms with E-state index in [1.807, 2.05) is 17.9 Å². The third-order valence-electron chi connectivity index (χ3n) is 3.63. The van der Waals surface area contributed by atoms with Crippen LogP contribution in [0.5, 0.6) is 0 Å². The molecule has 1 atom stereocenters. The molecule has 1 aliphatic heterocycles. The van der Waals surface area contributed by atoms with E-state index >= 15 is 0 Å². The van der Waals surface area contributed by atoms with Crippen LogP contribution in [-0.4, -0.2) is 43.8 Å². The molecule has 0 aliphatic carbocycles. The van der Waals surface area contributed by atoms with Gasteiger partial charge in [-0.2, -0.15) is 0 Å². The first kappa shape index (κ1) is 15.6. The normalized spacial score (nSPS) is 16.8. The average molecular weight is 295 g/mol. The largest absolute Gasteiger partial charge is 0.450 e. The van der Waals surface area contributed by atoms with Crippen molar-refractivity contribution in [1.29, 1.82) is 0 Å². The number of nitrogens with two attached hydrogens (primary N) is 1. The number of ether oxygens (including phenoxy) is 1. The number of carbonyl (C=O) groups is 1. The third-order valence-corrected chi connectivity index (χ3v) is 3.63. The van der Waals surface area contributed by atoms with Crippen LogP contribution >= 0.6 is 0 Å². The first-order chi connectivity index (χ1) is 10.0. The van der Waals surface area contributed by atoms with Gasteiger partial charge in [0.2, 0.25) is 0 Å². The molecule has 2 rings (SSSR count). The van der Waals surface area contributed by atoms with Crippen molar-refractivity contribution in [2.24, 2.45) is 5.73 Å². The molecule has 0 spiro atoms. The molecule has 1 saturated heterocycles. The minimum atomic E-state index is -0.307. The number of halogens is 1. The van der Waals surface area contributed by atoms with Crippen LogP contribution in [0.3, 0.4) is 0 Å². The summed E-state index contributed by atoms with van der Waals surface area (Å²) in [6.07, 6.45) is -0.307. The van der Waals surface area contributed by atoms with E-state index in [2.05, 4.69) is 0 Å². The number of hydrogen-bond donors (Lipinski definition) is 1. The third kappa shape index (κ3) is 3.44. The second-order valence-electron chi connectivity index (χ2n) is 5.14. The van der Waals surface area contributed by atoms with E-state index in [9.17, 15) is 9.18 Å². The van der Waals surface area contributed by atoms with E-state index in [1.165, 1.54) is 6.07 Å². The first-order valence-electron chi connectivity index (χ1n) is 7.25. The van der Waals surface area contributed by atoms with Gasteiger partial charge in [0, 0.05) is 32.2 Å². The number of para-hydroxylation sites is 1. The molecule has 6 heteroatoms. The van der Waals surface area contributed by atoms with E-state index < -0.39 is 0 Å². The first-order valence-corrected chi connectivity index (χ1v) is 7.25. The summed E-state index contributed by atoms with van der Waals surface area (Å²) >= 11 is 0. The fraction of sp³-hybridized carbons (Fsp3) is 0.533. The lowest BCUT2D eigenvalue weighted by Gasteiger charge is -2.36. The molecule has 1 aliphatic rings. The number of nitrogens with zero attached hydrogens (tertiary/aromatic N) is 2. The zero-order chi connectivity index (χ0) is 15.4. The van der Waals surface area contributed by atoms with Crippen molar-refractivity contribution >= 4 is 11.8 Å². The molecule has 1 heterocycles. The monoisotopic (exact) mass is 295 g/mol. The Hall–Kier alpha value is -1.82. The highest BCUT2D eigenvalue weighted by molar-refractivity contribution is 5.68. The van der Waals surface area contributed by atoms with Crippen molar-refractivity contribution in [1.82, 2.24) is 4.90 Å². The molecule has 1 aromatic carbocycles. The molecule has 116 valence electrons. The van der Waals surface area contributed by atoms with Crippen LogP contribution in [-0.2, 0) is 4.74 Å². The zero-order valence-corrected chi connectivity index (χ0v) is 12.5. The number of benzene rings is 1. The lowest BCUT2D eigenvalue weighted by atomic mass is 10.0. The van der Waals surface area contributed by atoms with Gasteiger partial charge in [0.25, 0.3) is 0 Å². The van der Waals surface area contributed by atoms with Crippen LogP contribution in [0.4, 0.5) is 14.9 Å². The molecule has 5 nitrogen and oxygen atoms in total. The minimum Gasteiger partial charge on any atom is -0.450 e. The van der Waals surface area contributed by atoms with Gasteiger partial charge in [-0.1, -0.05) is 12.1 Å². The van der Waals surface area contributed by atoms with Gasteiger partial charge in [-0.05, 0) is 25.5 Å². The molecule has 0 saturated carbocycles. The summed E-state index contributed by atoms with van der Waals surface area (Å²) in [5, 5.41) is 0. The SMILES string of the molecule is CCOC(=O)N1CCN(c2c(F)cccc2[C@H](C)N)CC1. The second kappa shape index (κ2) is 6.76. The summed E-state index contributed by atoms with van der Waals surface area (Å²) < 4.78 is 19.2.